The molecular weight excluding hydrogens is 233 g/mol. The highest BCUT2D eigenvalue weighted by atomic mass is 35.5. The third-order valence-corrected chi connectivity index (χ3v) is 2.19. The molecule has 3 N–H and O–H groups in total. The first-order chi connectivity index (χ1) is 6.50. The summed E-state index contributed by atoms with van der Waals surface area (Å²) in [7, 11) is 0. The molecule has 0 spiro atoms. The van der Waals surface area contributed by atoms with Gasteiger partial charge in [-0.2, -0.15) is 0 Å². The van der Waals surface area contributed by atoms with Gasteiger partial charge < -0.3 is 10.8 Å². The van der Waals surface area contributed by atoms with Gasteiger partial charge in [0.25, 0.3) is 0 Å². The van der Waals surface area contributed by atoms with Crippen molar-refractivity contribution in [2.24, 2.45) is 5.73 Å². The summed E-state index contributed by atoms with van der Waals surface area (Å²) >= 11 is 5.81. The quantitative estimate of drug-likeness (QED) is 0.805. The number of phenols is 1. The monoisotopic (exact) mass is 247 g/mol. The van der Waals surface area contributed by atoms with Crippen LogP contribution in [0.4, 0.5) is 0 Å². The molecule has 0 aliphatic carbocycles. The van der Waals surface area contributed by atoms with Gasteiger partial charge in [-0.1, -0.05) is 17.2 Å². The van der Waals surface area contributed by atoms with E-state index >= 15 is 0 Å². The second kappa shape index (κ2) is 6.01. The second-order valence-electron chi connectivity index (χ2n) is 3.47. The molecule has 84 valence electrons. The molecule has 0 saturated carbocycles. The minimum atomic E-state index is -0.244. The maximum Gasteiger partial charge on any atom is 0.120 e. The number of nitrogens with two attached hydrogens (primary N) is 1. The molecule has 0 fully saturated rings. The first kappa shape index (κ1) is 14.3. The van der Waals surface area contributed by atoms with Crippen molar-refractivity contribution in [3.8, 4) is 5.75 Å². The van der Waals surface area contributed by atoms with Gasteiger partial charge in [0.15, 0.2) is 0 Å². The standard InChI is InChI=1S/C11H14ClNO.ClH/c1-7(2)5-10(13)9-6-8(12)3-4-11(9)14;/h3-4,6,10,14H,1,5,13H2,2H3;1H/t10-;/m0./s1. The minimum Gasteiger partial charge on any atom is -0.508 e. The van der Waals surface area contributed by atoms with Crippen LogP contribution < -0.4 is 5.73 Å². The Labute approximate surface area is 101 Å². The van der Waals surface area contributed by atoms with Gasteiger partial charge in [0.2, 0.25) is 0 Å². The van der Waals surface area contributed by atoms with Crippen molar-refractivity contribution >= 4 is 24.0 Å². The number of rotatable bonds is 3. The molecule has 1 aromatic carbocycles. The van der Waals surface area contributed by atoms with Crippen molar-refractivity contribution in [1.82, 2.24) is 0 Å². The molecule has 4 heteroatoms. The van der Waals surface area contributed by atoms with Crippen LogP contribution in [0.3, 0.4) is 0 Å². The number of benzene rings is 1. The third kappa shape index (κ3) is 4.12. The summed E-state index contributed by atoms with van der Waals surface area (Å²) < 4.78 is 0. The average molecular weight is 248 g/mol. The van der Waals surface area contributed by atoms with Crippen molar-refractivity contribution in [2.45, 2.75) is 19.4 Å². The highest BCUT2D eigenvalue weighted by Crippen LogP contribution is 2.28. The van der Waals surface area contributed by atoms with Gasteiger partial charge in [-0.3, -0.25) is 0 Å². The predicted octanol–water partition coefficient (Wildman–Crippen LogP) is 3.43. The Morgan fingerprint density at radius 3 is 2.73 bits per heavy atom. The zero-order chi connectivity index (χ0) is 10.7. The van der Waals surface area contributed by atoms with Crippen LogP contribution in [-0.2, 0) is 0 Å². The number of hydrogen-bond donors (Lipinski definition) is 2. The van der Waals surface area contributed by atoms with Crippen LogP contribution in [0.25, 0.3) is 0 Å². The fraction of sp³-hybridized carbons (Fsp3) is 0.273. The van der Waals surface area contributed by atoms with Gasteiger partial charge in [-0.05, 0) is 31.5 Å². The summed E-state index contributed by atoms with van der Waals surface area (Å²) in [5.41, 5.74) is 7.54. The number of hydrogen-bond acceptors (Lipinski definition) is 2. The van der Waals surface area contributed by atoms with Gasteiger partial charge in [-0.25, -0.2) is 0 Å². The molecule has 2 nitrogen and oxygen atoms in total. The molecule has 15 heavy (non-hydrogen) atoms. The van der Waals surface area contributed by atoms with E-state index in [1.807, 2.05) is 6.92 Å². The van der Waals surface area contributed by atoms with Crippen LogP contribution in [0.2, 0.25) is 5.02 Å². The lowest BCUT2D eigenvalue weighted by molar-refractivity contribution is 0.461. The van der Waals surface area contributed by atoms with Crippen molar-refractivity contribution in [1.29, 1.82) is 0 Å². The molecule has 0 heterocycles. The Bertz CT molecular complexity index is 352. The van der Waals surface area contributed by atoms with E-state index in [1.54, 1.807) is 18.2 Å². The Kier molecular flexibility index (Phi) is 5.73. The van der Waals surface area contributed by atoms with Crippen LogP contribution in [0.15, 0.2) is 30.4 Å². The molecule has 0 aliphatic rings. The molecular formula is C11H15Cl2NO. The van der Waals surface area contributed by atoms with Crippen LogP contribution >= 0.6 is 24.0 Å². The largest absolute Gasteiger partial charge is 0.508 e. The number of aromatic hydroxyl groups is 1. The Morgan fingerprint density at radius 1 is 1.60 bits per heavy atom. The van der Waals surface area contributed by atoms with E-state index in [9.17, 15) is 5.11 Å². The van der Waals surface area contributed by atoms with Crippen LogP contribution in [0, 0.1) is 0 Å². The fourth-order valence-electron chi connectivity index (χ4n) is 1.31. The first-order valence-electron chi connectivity index (χ1n) is 4.39. The van der Waals surface area contributed by atoms with E-state index in [0.29, 0.717) is 17.0 Å². The predicted molar refractivity (Wildman–Crippen MR) is 66.7 cm³/mol. The van der Waals surface area contributed by atoms with Crippen molar-refractivity contribution in [3.63, 3.8) is 0 Å². The first-order valence-corrected chi connectivity index (χ1v) is 4.77. The van der Waals surface area contributed by atoms with E-state index in [2.05, 4.69) is 6.58 Å². The molecule has 0 aromatic heterocycles. The lowest BCUT2D eigenvalue weighted by Gasteiger charge is -2.13. The van der Waals surface area contributed by atoms with Gasteiger partial charge in [0.1, 0.15) is 5.75 Å². The molecule has 0 aliphatic heterocycles. The van der Waals surface area contributed by atoms with Gasteiger partial charge in [0.05, 0.1) is 0 Å². The molecule has 0 radical (unpaired) electrons. The number of halogens is 2. The van der Waals surface area contributed by atoms with E-state index < -0.39 is 0 Å². The summed E-state index contributed by atoms with van der Waals surface area (Å²) in [5.74, 6) is 0.183. The van der Waals surface area contributed by atoms with Crippen LogP contribution in [-0.4, -0.2) is 5.11 Å². The molecule has 0 saturated heterocycles. The minimum absolute atomic E-state index is 0. The highest BCUT2D eigenvalue weighted by Gasteiger charge is 2.11. The summed E-state index contributed by atoms with van der Waals surface area (Å²) in [5, 5.41) is 10.1. The fourth-order valence-corrected chi connectivity index (χ4v) is 1.49. The normalized spacial score (nSPS) is 11.7. The molecule has 1 rings (SSSR count). The molecule has 0 unspecified atom stereocenters. The van der Waals surface area contributed by atoms with Crippen molar-refractivity contribution in [3.05, 3.63) is 40.9 Å². The van der Waals surface area contributed by atoms with Crippen LogP contribution in [0.5, 0.6) is 5.75 Å². The SMILES string of the molecule is C=C(C)C[C@H](N)c1cc(Cl)ccc1O.Cl. The van der Waals surface area contributed by atoms with Gasteiger partial charge in [-0.15, -0.1) is 19.0 Å². The smallest absolute Gasteiger partial charge is 0.120 e. The van der Waals surface area contributed by atoms with Gasteiger partial charge >= 0.3 is 0 Å². The summed E-state index contributed by atoms with van der Waals surface area (Å²) in [6.07, 6.45) is 0.647. The lowest BCUT2D eigenvalue weighted by atomic mass is 10.0. The lowest BCUT2D eigenvalue weighted by Crippen LogP contribution is -2.10. The van der Waals surface area contributed by atoms with E-state index in [1.165, 1.54) is 0 Å². The Hall–Kier alpha value is -0.700. The summed E-state index contributed by atoms with van der Waals surface area (Å²) in [6.45, 7) is 5.68. The van der Waals surface area contributed by atoms with E-state index in [0.717, 1.165) is 5.57 Å². The van der Waals surface area contributed by atoms with E-state index in [4.69, 9.17) is 17.3 Å². The molecule has 1 atom stereocenters. The number of phenolic OH excluding ortho intramolecular Hbond substituents is 1. The summed E-state index contributed by atoms with van der Waals surface area (Å²) in [6, 6.07) is 4.63. The maximum absolute atomic E-state index is 9.55. The average Bonchev–Trinajstić information content (AvgIpc) is 2.08. The van der Waals surface area contributed by atoms with Crippen LogP contribution in [0.1, 0.15) is 24.9 Å². The molecule has 0 bridgehead atoms. The van der Waals surface area contributed by atoms with Gasteiger partial charge in [0, 0.05) is 16.6 Å². The zero-order valence-corrected chi connectivity index (χ0v) is 10.1. The van der Waals surface area contributed by atoms with E-state index in [-0.39, 0.29) is 24.2 Å². The highest BCUT2D eigenvalue weighted by molar-refractivity contribution is 6.30. The zero-order valence-electron chi connectivity index (χ0n) is 8.53. The maximum atomic E-state index is 9.55. The van der Waals surface area contributed by atoms with Crippen molar-refractivity contribution < 1.29 is 5.11 Å². The second-order valence-corrected chi connectivity index (χ2v) is 3.91. The molecule has 1 aromatic rings. The van der Waals surface area contributed by atoms with Crippen molar-refractivity contribution in [2.75, 3.05) is 0 Å². The Morgan fingerprint density at radius 2 is 2.20 bits per heavy atom. The summed E-state index contributed by atoms with van der Waals surface area (Å²) in [4.78, 5) is 0. The third-order valence-electron chi connectivity index (χ3n) is 1.96. The molecule has 0 amide bonds. The topological polar surface area (TPSA) is 46.2 Å². The Balaban J connectivity index is 0.00000196.